The molecule has 7 nitrogen and oxygen atoms in total. The van der Waals surface area contributed by atoms with E-state index in [0.717, 1.165) is 5.56 Å². The highest BCUT2D eigenvalue weighted by atomic mass is 35.5. The van der Waals surface area contributed by atoms with E-state index >= 15 is 0 Å². The van der Waals surface area contributed by atoms with Crippen molar-refractivity contribution in [1.29, 1.82) is 0 Å². The van der Waals surface area contributed by atoms with Crippen LogP contribution in [0.25, 0.3) is 0 Å². The number of carbonyl (C=O) groups is 2. The van der Waals surface area contributed by atoms with Gasteiger partial charge in [-0.05, 0) is 66.2 Å². The Kier molecular flexibility index (Phi) is 6.94. The Morgan fingerprint density at radius 3 is 2.00 bits per heavy atom. The van der Waals surface area contributed by atoms with Gasteiger partial charge in [0.15, 0.2) is 0 Å². The van der Waals surface area contributed by atoms with Crippen LogP contribution in [0.1, 0.15) is 22.8 Å². The van der Waals surface area contributed by atoms with Crippen LogP contribution in [-0.2, 0) is 21.4 Å². The van der Waals surface area contributed by atoms with Crippen LogP contribution in [0.15, 0.2) is 77.7 Å². The summed E-state index contributed by atoms with van der Waals surface area (Å²) in [5.74, 6) is -0.490. The van der Waals surface area contributed by atoms with Gasteiger partial charge in [-0.15, -0.1) is 0 Å². The van der Waals surface area contributed by atoms with E-state index in [4.69, 9.17) is 11.6 Å². The van der Waals surface area contributed by atoms with Crippen LogP contribution in [-0.4, -0.2) is 20.2 Å². The molecule has 31 heavy (non-hydrogen) atoms. The number of hydrogen-bond donors (Lipinski definition) is 3. The molecule has 9 heteroatoms. The Morgan fingerprint density at radius 1 is 0.839 bits per heavy atom. The molecule has 0 spiro atoms. The van der Waals surface area contributed by atoms with Gasteiger partial charge in [-0.2, -0.15) is 0 Å². The van der Waals surface area contributed by atoms with Crippen molar-refractivity contribution in [2.24, 2.45) is 0 Å². The van der Waals surface area contributed by atoms with Gasteiger partial charge in [-0.1, -0.05) is 23.7 Å². The summed E-state index contributed by atoms with van der Waals surface area (Å²) in [7, 11) is -3.79. The summed E-state index contributed by atoms with van der Waals surface area (Å²) >= 11 is 5.81. The molecule has 2 amide bonds. The first kappa shape index (κ1) is 22.3. The second-order valence-corrected chi connectivity index (χ2v) is 8.82. The number of halogens is 1. The van der Waals surface area contributed by atoms with Crippen molar-refractivity contribution in [1.82, 2.24) is 5.32 Å². The van der Waals surface area contributed by atoms with Gasteiger partial charge in [-0.3, -0.25) is 14.3 Å². The maximum Gasteiger partial charge on any atom is 0.261 e. The van der Waals surface area contributed by atoms with Crippen molar-refractivity contribution >= 4 is 44.8 Å². The van der Waals surface area contributed by atoms with Crippen molar-refractivity contribution in [3.63, 3.8) is 0 Å². The fourth-order valence-corrected chi connectivity index (χ4v) is 3.90. The molecule has 0 saturated carbocycles. The smallest absolute Gasteiger partial charge is 0.261 e. The molecule has 0 aromatic heterocycles. The molecule has 0 heterocycles. The summed E-state index contributed by atoms with van der Waals surface area (Å²) in [5, 5.41) is 5.95. The molecule has 3 N–H and O–H groups in total. The zero-order valence-corrected chi connectivity index (χ0v) is 18.1. The van der Waals surface area contributed by atoms with Crippen LogP contribution in [0, 0.1) is 0 Å². The Bertz CT molecular complexity index is 1180. The van der Waals surface area contributed by atoms with E-state index in [1.165, 1.54) is 31.2 Å². The molecule has 0 atom stereocenters. The van der Waals surface area contributed by atoms with Crippen molar-refractivity contribution in [3.05, 3.63) is 88.9 Å². The first-order chi connectivity index (χ1) is 14.7. The van der Waals surface area contributed by atoms with Crippen LogP contribution in [0.4, 0.5) is 11.4 Å². The fourth-order valence-electron chi connectivity index (χ4n) is 2.71. The summed E-state index contributed by atoms with van der Waals surface area (Å²) < 4.78 is 27.5. The highest BCUT2D eigenvalue weighted by Gasteiger charge is 2.15. The maximum absolute atomic E-state index is 12.5. The monoisotopic (exact) mass is 457 g/mol. The van der Waals surface area contributed by atoms with Crippen LogP contribution >= 0.6 is 11.6 Å². The average Bonchev–Trinajstić information content (AvgIpc) is 2.74. The summed E-state index contributed by atoms with van der Waals surface area (Å²) in [6.07, 6.45) is 0. The zero-order valence-electron chi connectivity index (χ0n) is 16.6. The van der Waals surface area contributed by atoms with E-state index in [1.807, 2.05) is 0 Å². The molecule has 0 unspecified atom stereocenters. The van der Waals surface area contributed by atoms with Crippen LogP contribution < -0.4 is 15.4 Å². The van der Waals surface area contributed by atoms with Crippen molar-refractivity contribution in [2.75, 3.05) is 10.0 Å². The Hall–Kier alpha value is -3.36. The number of hydrogen-bond acceptors (Lipinski definition) is 4. The molecule has 3 aromatic carbocycles. The number of rotatable bonds is 7. The Morgan fingerprint density at radius 2 is 1.42 bits per heavy atom. The molecular formula is C22H20ClN3O4S. The molecule has 3 aromatic rings. The van der Waals surface area contributed by atoms with Crippen LogP contribution in [0.3, 0.4) is 0 Å². The van der Waals surface area contributed by atoms with Crippen molar-refractivity contribution in [3.8, 4) is 0 Å². The quantitative estimate of drug-likeness (QED) is 0.498. The molecule has 0 aliphatic carbocycles. The highest BCUT2D eigenvalue weighted by Crippen LogP contribution is 2.19. The molecule has 0 radical (unpaired) electrons. The number of amides is 2. The van der Waals surface area contributed by atoms with E-state index in [0.29, 0.717) is 22.0 Å². The van der Waals surface area contributed by atoms with E-state index in [2.05, 4.69) is 15.4 Å². The number of sulfonamides is 1. The molecule has 0 aliphatic heterocycles. The normalized spacial score (nSPS) is 10.9. The lowest BCUT2D eigenvalue weighted by atomic mass is 10.2. The minimum Gasteiger partial charge on any atom is -0.348 e. The van der Waals surface area contributed by atoms with Crippen molar-refractivity contribution in [2.45, 2.75) is 18.4 Å². The lowest BCUT2D eigenvalue weighted by Crippen LogP contribution is -2.23. The topological polar surface area (TPSA) is 104 Å². The minimum atomic E-state index is -3.79. The van der Waals surface area contributed by atoms with E-state index in [1.54, 1.807) is 48.5 Å². The third-order valence-electron chi connectivity index (χ3n) is 4.25. The molecule has 0 bridgehead atoms. The van der Waals surface area contributed by atoms with E-state index in [-0.39, 0.29) is 23.3 Å². The minimum absolute atomic E-state index is 0.0348. The molecular weight excluding hydrogens is 438 g/mol. The Balaban J connectivity index is 1.60. The molecule has 160 valence electrons. The number of nitrogens with one attached hydrogen (secondary N) is 3. The van der Waals surface area contributed by atoms with Gasteiger partial charge >= 0.3 is 0 Å². The van der Waals surface area contributed by atoms with E-state index < -0.39 is 10.0 Å². The number of anilines is 2. The first-order valence-electron chi connectivity index (χ1n) is 9.26. The summed E-state index contributed by atoms with van der Waals surface area (Å²) in [6, 6.07) is 19.0. The first-order valence-corrected chi connectivity index (χ1v) is 11.1. The second-order valence-electron chi connectivity index (χ2n) is 6.70. The maximum atomic E-state index is 12.5. The molecule has 0 aliphatic rings. The third-order valence-corrected chi connectivity index (χ3v) is 5.90. The number of benzene rings is 3. The molecule has 0 fully saturated rings. The average molecular weight is 458 g/mol. The van der Waals surface area contributed by atoms with Gasteiger partial charge < -0.3 is 10.6 Å². The SMILES string of the molecule is CC(=O)Nc1ccc(CNC(=O)c2ccc(S(=O)(=O)Nc3ccc(Cl)cc3)cc2)cc1. The van der Waals surface area contributed by atoms with Gasteiger partial charge in [0, 0.05) is 35.4 Å². The lowest BCUT2D eigenvalue weighted by molar-refractivity contribution is -0.114. The second kappa shape index (κ2) is 9.63. The summed E-state index contributed by atoms with van der Waals surface area (Å²) in [6.45, 7) is 1.72. The van der Waals surface area contributed by atoms with E-state index in [9.17, 15) is 18.0 Å². The summed E-state index contributed by atoms with van der Waals surface area (Å²) in [5.41, 5.74) is 2.25. The lowest BCUT2D eigenvalue weighted by Gasteiger charge is -2.10. The summed E-state index contributed by atoms with van der Waals surface area (Å²) in [4.78, 5) is 23.4. The van der Waals surface area contributed by atoms with Crippen LogP contribution in [0.5, 0.6) is 0 Å². The Labute approximate surface area is 185 Å². The van der Waals surface area contributed by atoms with Gasteiger partial charge in [0.25, 0.3) is 15.9 Å². The van der Waals surface area contributed by atoms with Crippen molar-refractivity contribution < 1.29 is 18.0 Å². The predicted molar refractivity (Wildman–Crippen MR) is 121 cm³/mol. The third kappa shape index (κ3) is 6.31. The fraction of sp³-hybridized carbons (Fsp3) is 0.0909. The number of carbonyl (C=O) groups excluding carboxylic acids is 2. The van der Waals surface area contributed by atoms with Gasteiger partial charge in [0.05, 0.1) is 4.90 Å². The van der Waals surface area contributed by atoms with Crippen LogP contribution in [0.2, 0.25) is 5.02 Å². The van der Waals surface area contributed by atoms with Gasteiger partial charge in [-0.25, -0.2) is 8.42 Å². The molecule has 0 saturated heterocycles. The molecule has 3 rings (SSSR count). The highest BCUT2D eigenvalue weighted by molar-refractivity contribution is 7.92. The largest absolute Gasteiger partial charge is 0.348 e. The van der Waals surface area contributed by atoms with Gasteiger partial charge in [0.1, 0.15) is 0 Å². The standard InChI is InChI=1S/C22H20ClN3O4S/c1-15(27)25-19-8-2-16(3-9-19)14-24-22(28)17-4-12-21(13-5-17)31(29,30)26-20-10-6-18(23)7-11-20/h2-13,26H,14H2,1H3,(H,24,28)(H,25,27). The predicted octanol–water partition coefficient (Wildman–Crippen LogP) is 4.03. The zero-order chi connectivity index (χ0) is 22.4. The van der Waals surface area contributed by atoms with Gasteiger partial charge in [0.2, 0.25) is 5.91 Å².